The Morgan fingerprint density at radius 2 is 1.90 bits per heavy atom. The van der Waals surface area contributed by atoms with Crippen LogP contribution in [-0.4, -0.2) is 100.0 Å². The summed E-state index contributed by atoms with van der Waals surface area (Å²) in [7, 11) is 7.18. The summed E-state index contributed by atoms with van der Waals surface area (Å²) in [5.74, 6) is 0.241. The van der Waals surface area contributed by atoms with Gasteiger partial charge in [-0.25, -0.2) is 4.98 Å². The molecular formula is C26H32B3N7O5S. The lowest BCUT2D eigenvalue weighted by Gasteiger charge is -2.26. The van der Waals surface area contributed by atoms with Gasteiger partial charge < -0.3 is 30.3 Å². The minimum Gasteiger partial charge on any atom is -0.494 e. The van der Waals surface area contributed by atoms with Crippen molar-refractivity contribution in [3.05, 3.63) is 41.0 Å². The predicted octanol–water partition coefficient (Wildman–Crippen LogP) is -0.657. The van der Waals surface area contributed by atoms with Crippen LogP contribution in [0.2, 0.25) is 0 Å². The Morgan fingerprint density at radius 1 is 1.14 bits per heavy atom. The van der Waals surface area contributed by atoms with E-state index in [-0.39, 0.29) is 35.7 Å². The number of nitrogens with one attached hydrogen (secondary N) is 3. The summed E-state index contributed by atoms with van der Waals surface area (Å²) in [6.45, 7) is 2.30. The fourth-order valence-corrected chi connectivity index (χ4v) is 5.37. The number of hydrogen-bond acceptors (Lipinski definition) is 10. The number of amides is 3. The van der Waals surface area contributed by atoms with Gasteiger partial charge in [-0.05, 0) is 30.2 Å². The lowest BCUT2D eigenvalue weighted by atomic mass is 9.49. The lowest BCUT2D eigenvalue weighted by molar-refractivity contribution is -0.134. The van der Waals surface area contributed by atoms with Crippen molar-refractivity contribution in [3.63, 3.8) is 0 Å². The molecule has 0 unspecified atom stereocenters. The summed E-state index contributed by atoms with van der Waals surface area (Å²) in [5.41, 5.74) is 1.71. The summed E-state index contributed by atoms with van der Waals surface area (Å²) in [5, 5.41) is 17.4. The van der Waals surface area contributed by atoms with Crippen LogP contribution in [0, 0.1) is 5.92 Å². The number of carbonyl (C=O) groups excluding carboxylic acids is 3. The third-order valence-electron chi connectivity index (χ3n) is 6.66. The molecule has 1 saturated heterocycles. The quantitative estimate of drug-likeness (QED) is 0.263. The summed E-state index contributed by atoms with van der Waals surface area (Å²) >= 11 is 1.42. The molecule has 0 spiro atoms. The van der Waals surface area contributed by atoms with Gasteiger partial charge >= 0.3 is 0 Å². The zero-order chi connectivity index (χ0) is 29.9. The van der Waals surface area contributed by atoms with Gasteiger partial charge in [0, 0.05) is 36.1 Å². The number of rotatable bonds is 10. The molecule has 3 N–H and O–H groups in total. The van der Waals surface area contributed by atoms with Gasteiger partial charge in [0.2, 0.25) is 11.8 Å². The number of aromatic nitrogens is 3. The highest BCUT2D eigenvalue weighted by Crippen LogP contribution is 2.40. The van der Waals surface area contributed by atoms with Crippen LogP contribution in [0.25, 0.3) is 10.6 Å². The van der Waals surface area contributed by atoms with Crippen molar-refractivity contribution in [2.45, 2.75) is 24.5 Å². The van der Waals surface area contributed by atoms with E-state index in [9.17, 15) is 14.4 Å². The molecule has 1 aliphatic carbocycles. The van der Waals surface area contributed by atoms with Gasteiger partial charge in [0.05, 0.1) is 43.7 Å². The van der Waals surface area contributed by atoms with Gasteiger partial charge in [-0.15, -0.1) is 21.5 Å². The van der Waals surface area contributed by atoms with Gasteiger partial charge in [-0.3, -0.25) is 14.4 Å². The molecule has 2 aliphatic rings. The summed E-state index contributed by atoms with van der Waals surface area (Å²) in [6.07, 6.45) is 3.68. The van der Waals surface area contributed by atoms with Crippen LogP contribution >= 0.6 is 11.3 Å². The Balaban J connectivity index is 1.42. The number of ether oxygens (including phenoxy) is 2. The number of morpholine rings is 1. The van der Waals surface area contributed by atoms with Crippen LogP contribution in [0.4, 0.5) is 17.2 Å². The molecule has 16 heteroatoms. The van der Waals surface area contributed by atoms with E-state index >= 15 is 0 Å². The van der Waals surface area contributed by atoms with Crippen molar-refractivity contribution in [2.75, 3.05) is 44.0 Å². The first-order valence-electron chi connectivity index (χ1n) is 13.9. The fraction of sp³-hybridized carbons (Fsp3) is 0.385. The second-order valence-electron chi connectivity index (χ2n) is 11.3. The molecule has 5 rings (SSSR count). The van der Waals surface area contributed by atoms with Crippen LogP contribution in [0.1, 0.15) is 28.2 Å². The minimum atomic E-state index is -0.502. The number of nitrogens with zero attached hydrogens (tertiary/aromatic N) is 4. The normalized spacial score (nSPS) is 15.1. The summed E-state index contributed by atoms with van der Waals surface area (Å²) in [6, 6.07) is 7.14. The van der Waals surface area contributed by atoms with E-state index in [1.807, 2.05) is 46.6 Å². The average Bonchev–Trinajstić information content (AvgIpc) is 3.71. The number of thiazole rings is 1. The van der Waals surface area contributed by atoms with Crippen molar-refractivity contribution in [1.82, 2.24) is 25.4 Å². The number of methoxy groups -OCH3 is 1. The highest BCUT2D eigenvalue weighted by molar-refractivity contribution is 7.15. The zero-order valence-electron chi connectivity index (χ0n) is 24.2. The van der Waals surface area contributed by atoms with Crippen LogP contribution in [0.5, 0.6) is 5.75 Å². The third kappa shape index (κ3) is 7.29. The van der Waals surface area contributed by atoms with E-state index in [2.05, 4.69) is 31.1 Å². The molecule has 3 amide bonds. The molecule has 1 aromatic carbocycles. The Morgan fingerprint density at radius 3 is 2.60 bits per heavy atom. The van der Waals surface area contributed by atoms with Gasteiger partial charge in [0.1, 0.15) is 28.5 Å². The fourth-order valence-electron chi connectivity index (χ4n) is 4.45. The van der Waals surface area contributed by atoms with Crippen LogP contribution in [0.15, 0.2) is 30.5 Å². The Kier molecular flexibility index (Phi) is 8.83. The minimum absolute atomic E-state index is 0.0174. The third-order valence-corrected chi connectivity index (χ3v) is 7.69. The first-order valence-corrected chi connectivity index (χ1v) is 14.7. The van der Waals surface area contributed by atoms with E-state index in [0.717, 1.165) is 23.3 Å². The van der Waals surface area contributed by atoms with Gasteiger partial charge in [0.25, 0.3) is 5.91 Å². The number of benzene rings is 1. The van der Waals surface area contributed by atoms with E-state index in [4.69, 9.17) is 9.47 Å². The second kappa shape index (κ2) is 12.5. The van der Waals surface area contributed by atoms with E-state index in [1.54, 1.807) is 19.4 Å². The predicted molar refractivity (Wildman–Crippen MR) is 168 cm³/mol. The maximum absolute atomic E-state index is 13.2. The monoisotopic (exact) mass is 587 g/mol. The van der Waals surface area contributed by atoms with Crippen molar-refractivity contribution in [2.24, 2.45) is 5.92 Å². The van der Waals surface area contributed by atoms with Gasteiger partial charge in [-0.1, -0.05) is 6.07 Å². The molecule has 0 atom stereocenters. The molecule has 1 aliphatic heterocycles. The maximum Gasteiger partial charge on any atom is 0.272 e. The molecule has 3 aromatic rings. The Labute approximate surface area is 250 Å². The first-order chi connectivity index (χ1) is 20.1. The average molecular weight is 587 g/mol. The zero-order valence-corrected chi connectivity index (χ0v) is 25.0. The molecule has 216 valence electrons. The molecule has 3 heterocycles. The maximum atomic E-state index is 13.2. The van der Waals surface area contributed by atoms with Crippen LogP contribution in [0.3, 0.4) is 0 Å². The molecule has 0 radical (unpaired) electrons. The van der Waals surface area contributed by atoms with Gasteiger partial charge in [0.15, 0.2) is 17.3 Å². The standard InChI is InChI=1S/C26H32B3N7O5S/c1-40-22-16(25-30-13-15(42-25)11-20(37)36-7-9-41-10-8-36)3-2-4-17(22)31-18-12-19(32-23(38)14-5-6-14)34-35-21(18)24(39)33-26(27,28)29/h2-4,12-14H,5-11,27-29H2,1H3,(H,33,39)(H2,31,32,34,38). The van der Waals surface area contributed by atoms with E-state index in [0.29, 0.717) is 48.4 Å². The van der Waals surface area contributed by atoms with Gasteiger partial charge in [-0.2, -0.15) is 0 Å². The van der Waals surface area contributed by atoms with Crippen LogP contribution < -0.4 is 20.7 Å². The molecule has 2 aromatic heterocycles. The Bertz CT molecular complexity index is 1490. The highest BCUT2D eigenvalue weighted by Gasteiger charge is 2.30. The topological polar surface area (TPSA) is 148 Å². The van der Waals surface area contributed by atoms with Crippen molar-refractivity contribution < 1.29 is 23.9 Å². The second-order valence-corrected chi connectivity index (χ2v) is 12.4. The van der Waals surface area contributed by atoms with Crippen molar-refractivity contribution >= 4 is 69.8 Å². The number of hydrogen-bond donors (Lipinski definition) is 3. The summed E-state index contributed by atoms with van der Waals surface area (Å²) in [4.78, 5) is 45.5. The molecule has 42 heavy (non-hydrogen) atoms. The molecule has 2 fully saturated rings. The number of carbonyl (C=O) groups is 3. The first kappa shape index (κ1) is 29.6. The van der Waals surface area contributed by atoms with Crippen molar-refractivity contribution in [3.8, 4) is 16.3 Å². The molecule has 12 nitrogen and oxygen atoms in total. The highest BCUT2D eigenvalue weighted by atomic mass is 32.1. The molecule has 1 saturated carbocycles. The smallest absolute Gasteiger partial charge is 0.272 e. The van der Waals surface area contributed by atoms with E-state index in [1.165, 1.54) is 11.3 Å². The number of para-hydroxylation sites is 1. The Hall–Kier alpha value is -3.91. The largest absolute Gasteiger partial charge is 0.494 e. The van der Waals surface area contributed by atoms with Crippen LogP contribution in [-0.2, 0) is 20.7 Å². The molecule has 0 bridgehead atoms. The number of anilines is 3. The summed E-state index contributed by atoms with van der Waals surface area (Å²) < 4.78 is 11.2. The van der Waals surface area contributed by atoms with Crippen molar-refractivity contribution in [1.29, 1.82) is 0 Å². The lowest BCUT2D eigenvalue weighted by Crippen LogP contribution is -2.50. The SMILES string of the molecule is BC(B)(B)NC(=O)c1nnc(NC(=O)C2CC2)cc1Nc1cccc(-c2ncc(CC(=O)N3CCOCC3)s2)c1OC. The molecular weight excluding hydrogens is 555 g/mol. The van der Waals surface area contributed by atoms with E-state index < -0.39 is 11.1 Å².